The van der Waals surface area contributed by atoms with E-state index >= 15 is 0 Å². The lowest BCUT2D eigenvalue weighted by Crippen LogP contribution is -2.39. The molecule has 0 fully saturated rings. The highest BCUT2D eigenvalue weighted by Gasteiger charge is 2.23. The molecule has 1 aromatic carbocycles. The van der Waals surface area contributed by atoms with E-state index in [9.17, 15) is 0 Å². The Morgan fingerprint density at radius 2 is 2.06 bits per heavy atom. The molecule has 1 heterocycles. The highest BCUT2D eigenvalue weighted by Crippen LogP contribution is 2.39. The smallest absolute Gasteiger partial charge is 0.0138 e. The number of thioether (sulfide) groups is 1. The third-order valence-corrected chi connectivity index (χ3v) is 4.70. The summed E-state index contributed by atoms with van der Waals surface area (Å²) in [7, 11) is 0. The van der Waals surface area contributed by atoms with Gasteiger partial charge < -0.3 is 5.32 Å². The summed E-state index contributed by atoms with van der Waals surface area (Å²) in [4.78, 5) is 1.50. The summed E-state index contributed by atoms with van der Waals surface area (Å²) >= 11 is 2.07. The molecule has 100 valence electrons. The molecule has 18 heavy (non-hydrogen) atoms. The van der Waals surface area contributed by atoms with Gasteiger partial charge in [-0.05, 0) is 57.7 Å². The van der Waals surface area contributed by atoms with Crippen LogP contribution in [0.2, 0.25) is 0 Å². The van der Waals surface area contributed by atoms with Gasteiger partial charge in [0.1, 0.15) is 0 Å². The molecule has 0 aromatic heterocycles. The number of hydrogen-bond donors (Lipinski definition) is 1. The molecule has 0 aliphatic carbocycles. The molecular weight excluding hydrogens is 238 g/mol. The van der Waals surface area contributed by atoms with Crippen molar-refractivity contribution in [2.75, 3.05) is 6.54 Å². The molecule has 0 radical (unpaired) electrons. The van der Waals surface area contributed by atoms with Crippen molar-refractivity contribution in [3.8, 4) is 0 Å². The Bertz CT molecular complexity index is 369. The maximum atomic E-state index is 3.61. The average Bonchev–Trinajstić information content (AvgIpc) is 2.67. The Morgan fingerprint density at radius 1 is 1.33 bits per heavy atom. The average molecular weight is 263 g/mol. The Morgan fingerprint density at radius 3 is 2.72 bits per heavy atom. The Balaban J connectivity index is 1.79. The monoisotopic (exact) mass is 263 g/mol. The second-order valence-electron chi connectivity index (χ2n) is 6.52. The van der Waals surface area contributed by atoms with E-state index in [1.54, 1.807) is 5.56 Å². The van der Waals surface area contributed by atoms with E-state index in [4.69, 9.17) is 0 Å². The van der Waals surface area contributed by atoms with Gasteiger partial charge in [0.15, 0.2) is 0 Å². The number of rotatable bonds is 4. The van der Waals surface area contributed by atoms with Crippen LogP contribution < -0.4 is 5.32 Å². The minimum absolute atomic E-state index is 0.236. The maximum absolute atomic E-state index is 3.61. The van der Waals surface area contributed by atoms with Crippen LogP contribution in [0, 0.1) is 5.92 Å². The third-order valence-electron chi connectivity index (χ3n) is 3.36. The quantitative estimate of drug-likeness (QED) is 0.877. The lowest BCUT2D eigenvalue weighted by atomic mass is 9.99. The van der Waals surface area contributed by atoms with Crippen LogP contribution in [-0.4, -0.2) is 17.3 Å². The van der Waals surface area contributed by atoms with Gasteiger partial charge in [-0.25, -0.2) is 0 Å². The molecule has 0 bridgehead atoms. The lowest BCUT2D eigenvalue weighted by molar-refractivity contribution is 0.371. The summed E-state index contributed by atoms with van der Waals surface area (Å²) in [5.41, 5.74) is 1.78. The second-order valence-corrected chi connectivity index (χ2v) is 7.87. The molecule has 2 rings (SSSR count). The van der Waals surface area contributed by atoms with Crippen molar-refractivity contribution in [1.82, 2.24) is 5.32 Å². The molecule has 2 unspecified atom stereocenters. The standard InChI is InChI=1S/C16H25NS/c1-12(11-17-16(2,3)4)9-14-10-13-7-5-6-8-15(13)18-14/h5-8,12,14,17H,9-11H2,1-4H3. The largest absolute Gasteiger partial charge is 0.312 e. The molecular formula is C16H25NS. The Labute approximate surface area is 116 Å². The zero-order valence-corrected chi connectivity index (χ0v) is 12.8. The molecule has 2 atom stereocenters. The summed E-state index contributed by atoms with van der Waals surface area (Å²) in [6, 6.07) is 8.85. The van der Waals surface area contributed by atoms with Gasteiger partial charge in [-0.15, -0.1) is 11.8 Å². The molecule has 0 saturated heterocycles. The van der Waals surface area contributed by atoms with Crippen molar-refractivity contribution in [3.05, 3.63) is 29.8 Å². The predicted molar refractivity (Wildman–Crippen MR) is 81.3 cm³/mol. The van der Waals surface area contributed by atoms with Crippen LogP contribution in [0.25, 0.3) is 0 Å². The molecule has 0 amide bonds. The fourth-order valence-electron chi connectivity index (χ4n) is 2.40. The van der Waals surface area contributed by atoms with Crippen LogP contribution in [0.5, 0.6) is 0 Å². The van der Waals surface area contributed by atoms with Gasteiger partial charge in [0, 0.05) is 15.7 Å². The molecule has 2 heteroatoms. The summed E-state index contributed by atoms with van der Waals surface area (Å²) in [6.07, 6.45) is 2.56. The van der Waals surface area contributed by atoms with Gasteiger partial charge in [0.2, 0.25) is 0 Å². The topological polar surface area (TPSA) is 12.0 Å². The minimum Gasteiger partial charge on any atom is -0.312 e. The first-order valence-corrected chi connectivity index (χ1v) is 7.81. The van der Waals surface area contributed by atoms with E-state index in [0.29, 0.717) is 0 Å². The number of hydrogen-bond acceptors (Lipinski definition) is 2. The Kier molecular flexibility index (Phi) is 4.39. The first-order chi connectivity index (χ1) is 8.44. The van der Waals surface area contributed by atoms with E-state index in [2.05, 4.69) is 69.0 Å². The molecule has 1 aliphatic heterocycles. The van der Waals surface area contributed by atoms with Crippen molar-refractivity contribution in [2.24, 2.45) is 5.92 Å². The van der Waals surface area contributed by atoms with Gasteiger partial charge in [0.05, 0.1) is 0 Å². The van der Waals surface area contributed by atoms with E-state index in [0.717, 1.165) is 17.7 Å². The first-order valence-electron chi connectivity index (χ1n) is 6.93. The van der Waals surface area contributed by atoms with Gasteiger partial charge in [-0.3, -0.25) is 0 Å². The van der Waals surface area contributed by atoms with Gasteiger partial charge in [-0.2, -0.15) is 0 Å². The van der Waals surface area contributed by atoms with Crippen molar-refractivity contribution in [1.29, 1.82) is 0 Å². The molecule has 0 saturated carbocycles. The van der Waals surface area contributed by atoms with E-state index in [1.165, 1.54) is 17.7 Å². The maximum Gasteiger partial charge on any atom is 0.0138 e. The van der Waals surface area contributed by atoms with Gasteiger partial charge >= 0.3 is 0 Å². The highest BCUT2D eigenvalue weighted by atomic mass is 32.2. The normalized spacial score (nSPS) is 20.8. The second kappa shape index (κ2) is 5.66. The van der Waals surface area contributed by atoms with Crippen LogP contribution in [0.3, 0.4) is 0 Å². The van der Waals surface area contributed by atoms with Gasteiger partial charge in [-0.1, -0.05) is 25.1 Å². The zero-order valence-electron chi connectivity index (χ0n) is 12.0. The van der Waals surface area contributed by atoms with E-state index in [1.807, 2.05) is 0 Å². The number of fused-ring (bicyclic) bond motifs is 1. The third kappa shape index (κ3) is 4.03. The lowest BCUT2D eigenvalue weighted by Gasteiger charge is -2.24. The molecule has 1 aromatic rings. The summed E-state index contributed by atoms with van der Waals surface area (Å²) in [6.45, 7) is 10.2. The SMILES string of the molecule is CC(CNC(C)(C)C)CC1Cc2ccccc2S1. The van der Waals surface area contributed by atoms with Crippen LogP contribution in [-0.2, 0) is 6.42 Å². The van der Waals surface area contributed by atoms with E-state index in [-0.39, 0.29) is 5.54 Å². The fraction of sp³-hybridized carbons (Fsp3) is 0.625. The summed E-state index contributed by atoms with van der Waals surface area (Å²) < 4.78 is 0. The van der Waals surface area contributed by atoms with Crippen molar-refractivity contribution < 1.29 is 0 Å². The first kappa shape index (κ1) is 14.0. The summed E-state index contributed by atoms with van der Waals surface area (Å²) in [5, 5.41) is 4.38. The predicted octanol–water partition coefficient (Wildman–Crippen LogP) is 4.12. The van der Waals surface area contributed by atoms with Crippen LogP contribution >= 0.6 is 11.8 Å². The van der Waals surface area contributed by atoms with Gasteiger partial charge in [0.25, 0.3) is 0 Å². The molecule has 1 aliphatic rings. The fourth-order valence-corrected chi connectivity index (χ4v) is 3.90. The van der Waals surface area contributed by atoms with E-state index < -0.39 is 0 Å². The molecule has 1 N–H and O–H groups in total. The van der Waals surface area contributed by atoms with Crippen molar-refractivity contribution in [3.63, 3.8) is 0 Å². The van der Waals surface area contributed by atoms with Crippen molar-refractivity contribution >= 4 is 11.8 Å². The molecule has 0 spiro atoms. The highest BCUT2D eigenvalue weighted by molar-refractivity contribution is 8.00. The number of nitrogens with one attached hydrogen (secondary N) is 1. The van der Waals surface area contributed by atoms with Crippen LogP contribution in [0.15, 0.2) is 29.2 Å². The minimum atomic E-state index is 0.236. The summed E-state index contributed by atoms with van der Waals surface area (Å²) in [5.74, 6) is 0.746. The molecule has 1 nitrogen and oxygen atoms in total. The zero-order chi connectivity index (χ0) is 13.2. The Hall–Kier alpha value is -0.470. The number of benzene rings is 1. The van der Waals surface area contributed by atoms with Crippen molar-refractivity contribution in [2.45, 2.75) is 56.2 Å². The van der Waals surface area contributed by atoms with Crippen LogP contribution in [0.4, 0.5) is 0 Å². The van der Waals surface area contributed by atoms with Crippen LogP contribution in [0.1, 0.15) is 39.7 Å².